The van der Waals surface area contributed by atoms with Gasteiger partial charge in [0, 0.05) is 6.54 Å². The van der Waals surface area contributed by atoms with Crippen LogP contribution >= 0.6 is 0 Å². The third kappa shape index (κ3) is 5.82. The average molecular weight is 282 g/mol. The van der Waals surface area contributed by atoms with Gasteiger partial charge in [0.2, 0.25) is 5.91 Å². The van der Waals surface area contributed by atoms with Gasteiger partial charge in [0.25, 0.3) is 0 Å². The van der Waals surface area contributed by atoms with E-state index < -0.39 is 0 Å². The first kappa shape index (κ1) is 17.5. The quantitative estimate of drug-likeness (QED) is 0.653. The molecule has 1 N–H and O–H groups in total. The number of rotatable bonds is 9. The number of amides is 1. The zero-order valence-electron chi connectivity index (χ0n) is 14.1. The van der Waals surface area contributed by atoms with E-state index in [9.17, 15) is 4.79 Å². The summed E-state index contributed by atoms with van der Waals surface area (Å²) in [6, 6.07) is 0.0472. The third-order valence-electron chi connectivity index (χ3n) is 4.13. The Labute approximate surface area is 125 Å². The van der Waals surface area contributed by atoms with Gasteiger partial charge in [-0.2, -0.15) is 0 Å². The van der Waals surface area contributed by atoms with Gasteiger partial charge in [-0.05, 0) is 31.6 Å². The highest BCUT2D eigenvalue weighted by Gasteiger charge is 2.35. The van der Waals surface area contributed by atoms with Crippen LogP contribution in [0.15, 0.2) is 0 Å². The summed E-state index contributed by atoms with van der Waals surface area (Å²) < 4.78 is 0. The lowest BCUT2D eigenvalue weighted by molar-refractivity contribution is -0.130. The summed E-state index contributed by atoms with van der Waals surface area (Å²) in [4.78, 5) is 14.4. The fraction of sp³-hybridized carbons (Fsp3) is 0.941. The molecule has 0 spiro atoms. The van der Waals surface area contributed by atoms with Gasteiger partial charge in [-0.1, -0.05) is 53.4 Å². The van der Waals surface area contributed by atoms with Crippen molar-refractivity contribution < 1.29 is 4.79 Å². The molecular weight excluding hydrogens is 248 g/mol. The topological polar surface area (TPSA) is 32.3 Å². The monoisotopic (exact) mass is 282 g/mol. The molecule has 0 aromatic carbocycles. The molecule has 3 nitrogen and oxygen atoms in total. The molecular formula is C17H34N2O. The van der Waals surface area contributed by atoms with E-state index in [1.165, 1.54) is 25.7 Å². The van der Waals surface area contributed by atoms with Crippen LogP contribution in [0.1, 0.15) is 73.1 Å². The predicted octanol–water partition coefficient (Wildman–Crippen LogP) is 3.79. The molecule has 0 aromatic rings. The summed E-state index contributed by atoms with van der Waals surface area (Å²) in [7, 11) is 0. The first-order valence-electron chi connectivity index (χ1n) is 8.48. The maximum atomic E-state index is 12.3. The molecule has 1 aliphatic heterocycles. The molecule has 0 aliphatic carbocycles. The second-order valence-corrected chi connectivity index (χ2v) is 7.15. The molecule has 118 valence electrons. The van der Waals surface area contributed by atoms with Gasteiger partial charge in [-0.25, -0.2) is 0 Å². The molecule has 3 heteroatoms. The highest BCUT2D eigenvalue weighted by atomic mass is 16.2. The molecule has 0 aromatic heterocycles. The second-order valence-electron chi connectivity index (χ2n) is 7.15. The summed E-state index contributed by atoms with van der Waals surface area (Å²) in [5.41, 5.74) is 0. The number of nitrogens with one attached hydrogen (secondary N) is 1. The lowest BCUT2D eigenvalue weighted by Crippen LogP contribution is -2.35. The summed E-state index contributed by atoms with van der Waals surface area (Å²) in [6.45, 7) is 11.9. The minimum atomic E-state index is 0.0472. The molecule has 1 amide bonds. The first-order valence-corrected chi connectivity index (χ1v) is 8.48. The summed E-state index contributed by atoms with van der Waals surface area (Å²) in [5, 5.41) is 3.43. The Bertz CT molecular complexity index is 289. The second kappa shape index (κ2) is 8.66. The molecule has 1 rings (SSSR count). The van der Waals surface area contributed by atoms with E-state index >= 15 is 0 Å². The minimum Gasteiger partial charge on any atom is -0.326 e. The number of hydrogen-bond acceptors (Lipinski definition) is 2. The van der Waals surface area contributed by atoms with E-state index in [0.717, 1.165) is 25.3 Å². The van der Waals surface area contributed by atoms with E-state index in [0.29, 0.717) is 11.8 Å². The van der Waals surface area contributed by atoms with Crippen LogP contribution in [-0.4, -0.2) is 29.6 Å². The first-order chi connectivity index (χ1) is 9.41. The molecule has 1 saturated heterocycles. The van der Waals surface area contributed by atoms with Gasteiger partial charge in [-0.15, -0.1) is 0 Å². The standard InChI is InChI=1S/C17H34N2O/c1-13(2)10-8-6-7-9-11-19-15(5)18-16(17(19)20)12-14(3)4/h13-16,18H,6-12H2,1-5H3. The highest BCUT2D eigenvalue weighted by molar-refractivity contribution is 5.84. The van der Waals surface area contributed by atoms with Crippen molar-refractivity contribution in [3.05, 3.63) is 0 Å². The Morgan fingerprint density at radius 1 is 1.05 bits per heavy atom. The summed E-state index contributed by atoms with van der Waals surface area (Å²) in [6.07, 6.45) is 7.52. The maximum Gasteiger partial charge on any atom is 0.241 e. The number of carbonyl (C=O) groups excluding carboxylic acids is 1. The Kier molecular flexibility index (Phi) is 7.57. The molecule has 0 saturated carbocycles. The van der Waals surface area contributed by atoms with Crippen molar-refractivity contribution in [2.45, 2.75) is 85.4 Å². The fourth-order valence-electron chi connectivity index (χ4n) is 2.98. The van der Waals surface area contributed by atoms with Crippen molar-refractivity contribution in [1.82, 2.24) is 10.2 Å². The van der Waals surface area contributed by atoms with E-state index in [1.807, 2.05) is 4.90 Å². The van der Waals surface area contributed by atoms with Crippen LogP contribution in [0.3, 0.4) is 0 Å². The molecule has 0 bridgehead atoms. The summed E-state index contributed by atoms with van der Waals surface area (Å²) >= 11 is 0. The smallest absolute Gasteiger partial charge is 0.241 e. The predicted molar refractivity (Wildman–Crippen MR) is 85.5 cm³/mol. The van der Waals surface area contributed by atoms with Crippen LogP contribution in [0, 0.1) is 11.8 Å². The Morgan fingerprint density at radius 2 is 1.70 bits per heavy atom. The van der Waals surface area contributed by atoms with Gasteiger partial charge >= 0.3 is 0 Å². The van der Waals surface area contributed by atoms with Crippen LogP contribution in [0.4, 0.5) is 0 Å². The number of carbonyl (C=O) groups is 1. The Balaban J connectivity index is 2.21. The van der Waals surface area contributed by atoms with Crippen molar-refractivity contribution in [2.75, 3.05) is 6.54 Å². The lowest BCUT2D eigenvalue weighted by atomic mass is 10.0. The number of nitrogens with zero attached hydrogens (tertiary/aromatic N) is 1. The van der Waals surface area contributed by atoms with Crippen molar-refractivity contribution >= 4 is 5.91 Å². The van der Waals surface area contributed by atoms with Gasteiger partial charge in [0.15, 0.2) is 0 Å². The van der Waals surface area contributed by atoms with E-state index in [4.69, 9.17) is 0 Å². The number of hydrogen-bond donors (Lipinski definition) is 1. The van der Waals surface area contributed by atoms with Crippen LogP contribution in [-0.2, 0) is 4.79 Å². The van der Waals surface area contributed by atoms with E-state index in [-0.39, 0.29) is 12.2 Å². The lowest BCUT2D eigenvalue weighted by Gasteiger charge is -2.20. The van der Waals surface area contributed by atoms with Crippen LogP contribution < -0.4 is 5.32 Å². The molecule has 1 fully saturated rings. The van der Waals surface area contributed by atoms with Crippen molar-refractivity contribution in [1.29, 1.82) is 0 Å². The van der Waals surface area contributed by atoms with Crippen molar-refractivity contribution in [3.63, 3.8) is 0 Å². The SMILES string of the molecule is CC(C)CCCCCCN1C(=O)C(CC(C)C)NC1C. The van der Waals surface area contributed by atoms with Crippen LogP contribution in [0.5, 0.6) is 0 Å². The average Bonchev–Trinajstić information content (AvgIpc) is 2.59. The van der Waals surface area contributed by atoms with Gasteiger partial charge in [0.1, 0.15) is 0 Å². The normalized spacial score (nSPS) is 23.4. The zero-order valence-corrected chi connectivity index (χ0v) is 14.1. The van der Waals surface area contributed by atoms with E-state index in [2.05, 4.69) is 39.9 Å². The van der Waals surface area contributed by atoms with Gasteiger partial charge in [-0.3, -0.25) is 10.1 Å². The largest absolute Gasteiger partial charge is 0.326 e. The Morgan fingerprint density at radius 3 is 2.30 bits per heavy atom. The fourth-order valence-corrected chi connectivity index (χ4v) is 2.98. The van der Waals surface area contributed by atoms with Crippen LogP contribution in [0.2, 0.25) is 0 Å². The molecule has 20 heavy (non-hydrogen) atoms. The minimum absolute atomic E-state index is 0.0472. The molecule has 1 heterocycles. The molecule has 1 aliphatic rings. The maximum absolute atomic E-state index is 12.3. The van der Waals surface area contributed by atoms with E-state index in [1.54, 1.807) is 0 Å². The zero-order chi connectivity index (χ0) is 15.1. The molecule has 0 radical (unpaired) electrons. The van der Waals surface area contributed by atoms with Gasteiger partial charge < -0.3 is 4.90 Å². The number of unbranched alkanes of at least 4 members (excludes halogenated alkanes) is 3. The summed E-state index contributed by atoms with van der Waals surface area (Å²) in [5.74, 6) is 1.70. The third-order valence-corrected chi connectivity index (χ3v) is 4.13. The molecule has 2 unspecified atom stereocenters. The Hall–Kier alpha value is -0.570. The van der Waals surface area contributed by atoms with Gasteiger partial charge in [0.05, 0.1) is 12.2 Å². The van der Waals surface area contributed by atoms with Crippen molar-refractivity contribution in [2.24, 2.45) is 11.8 Å². The highest BCUT2D eigenvalue weighted by Crippen LogP contribution is 2.18. The van der Waals surface area contributed by atoms with Crippen LogP contribution in [0.25, 0.3) is 0 Å². The van der Waals surface area contributed by atoms with Crippen molar-refractivity contribution in [3.8, 4) is 0 Å². The molecule has 2 atom stereocenters.